The largest absolute Gasteiger partial charge is 0.573 e. The molecule has 1 aromatic rings. The molecule has 3 unspecified atom stereocenters. The summed E-state index contributed by atoms with van der Waals surface area (Å²) in [5.41, 5.74) is 1.38. The first-order valence-corrected chi connectivity index (χ1v) is 6.95. The SMILES string of the molecule is CCC1CC(C)OC(c2cc(OC(F)(F)F)ccc2C)O1. The summed E-state index contributed by atoms with van der Waals surface area (Å²) in [6.45, 7) is 5.75. The van der Waals surface area contributed by atoms with Gasteiger partial charge in [-0.3, -0.25) is 0 Å². The Morgan fingerprint density at radius 1 is 1.29 bits per heavy atom. The quantitative estimate of drug-likeness (QED) is 0.823. The number of hydrogen-bond donors (Lipinski definition) is 0. The average Bonchev–Trinajstić information content (AvgIpc) is 2.38. The van der Waals surface area contributed by atoms with E-state index in [0.717, 1.165) is 18.4 Å². The van der Waals surface area contributed by atoms with Gasteiger partial charge in [-0.2, -0.15) is 0 Å². The molecule has 0 bridgehead atoms. The number of hydrogen-bond acceptors (Lipinski definition) is 3. The molecule has 0 amide bonds. The Bertz CT molecular complexity index is 488. The van der Waals surface area contributed by atoms with E-state index in [-0.39, 0.29) is 18.0 Å². The molecule has 0 aliphatic carbocycles. The summed E-state index contributed by atoms with van der Waals surface area (Å²) < 4.78 is 52.4. The third-order valence-corrected chi connectivity index (χ3v) is 3.46. The second-order valence-corrected chi connectivity index (χ2v) is 5.25. The molecule has 21 heavy (non-hydrogen) atoms. The van der Waals surface area contributed by atoms with E-state index in [4.69, 9.17) is 9.47 Å². The van der Waals surface area contributed by atoms with Crippen molar-refractivity contribution < 1.29 is 27.4 Å². The second-order valence-electron chi connectivity index (χ2n) is 5.25. The van der Waals surface area contributed by atoms with E-state index in [9.17, 15) is 13.2 Å². The Kier molecular flexibility index (Phi) is 4.78. The number of ether oxygens (including phenoxy) is 3. The second kappa shape index (κ2) is 6.23. The minimum absolute atomic E-state index is 0.000269. The molecule has 1 aliphatic heterocycles. The van der Waals surface area contributed by atoms with Crippen molar-refractivity contribution >= 4 is 0 Å². The van der Waals surface area contributed by atoms with Crippen molar-refractivity contribution in [3.05, 3.63) is 29.3 Å². The highest BCUT2D eigenvalue weighted by atomic mass is 19.4. The molecule has 1 aliphatic rings. The van der Waals surface area contributed by atoms with Gasteiger partial charge in [-0.15, -0.1) is 13.2 Å². The smallest absolute Gasteiger partial charge is 0.406 e. The van der Waals surface area contributed by atoms with Crippen LogP contribution in [0.15, 0.2) is 18.2 Å². The van der Waals surface area contributed by atoms with Crippen LogP contribution in [0.2, 0.25) is 0 Å². The lowest BCUT2D eigenvalue weighted by Gasteiger charge is -2.34. The van der Waals surface area contributed by atoms with Crippen LogP contribution in [-0.4, -0.2) is 18.6 Å². The van der Waals surface area contributed by atoms with E-state index in [1.807, 2.05) is 13.8 Å². The molecule has 0 aromatic heterocycles. The molecule has 0 radical (unpaired) electrons. The predicted molar refractivity (Wildman–Crippen MR) is 70.9 cm³/mol. The maximum absolute atomic E-state index is 12.3. The summed E-state index contributed by atoms with van der Waals surface area (Å²) in [4.78, 5) is 0. The van der Waals surface area contributed by atoms with Crippen LogP contribution in [0, 0.1) is 6.92 Å². The van der Waals surface area contributed by atoms with Crippen molar-refractivity contribution in [1.82, 2.24) is 0 Å². The fraction of sp³-hybridized carbons (Fsp3) is 0.600. The highest BCUT2D eigenvalue weighted by Crippen LogP contribution is 2.35. The van der Waals surface area contributed by atoms with Crippen LogP contribution in [0.3, 0.4) is 0 Å². The molecule has 0 N–H and O–H groups in total. The Labute approximate surface area is 122 Å². The van der Waals surface area contributed by atoms with Crippen molar-refractivity contribution in [2.24, 2.45) is 0 Å². The predicted octanol–water partition coefficient (Wildman–Crippen LogP) is 4.50. The van der Waals surface area contributed by atoms with Gasteiger partial charge in [0.2, 0.25) is 0 Å². The van der Waals surface area contributed by atoms with Crippen molar-refractivity contribution in [1.29, 1.82) is 0 Å². The third-order valence-electron chi connectivity index (χ3n) is 3.46. The normalized spacial score (nSPS) is 26.7. The van der Waals surface area contributed by atoms with Gasteiger partial charge in [0.15, 0.2) is 6.29 Å². The van der Waals surface area contributed by atoms with E-state index < -0.39 is 12.7 Å². The maximum atomic E-state index is 12.3. The molecular weight excluding hydrogens is 285 g/mol. The Hall–Kier alpha value is -1.27. The first-order chi connectivity index (χ1) is 9.78. The Morgan fingerprint density at radius 2 is 2.00 bits per heavy atom. The molecule has 1 saturated heterocycles. The summed E-state index contributed by atoms with van der Waals surface area (Å²) in [5.74, 6) is -0.262. The molecule has 6 heteroatoms. The van der Waals surface area contributed by atoms with Crippen molar-refractivity contribution in [3.63, 3.8) is 0 Å². The number of rotatable bonds is 3. The molecule has 1 heterocycles. The van der Waals surface area contributed by atoms with Gasteiger partial charge >= 0.3 is 6.36 Å². The standard InChI is InChI=1S/C15H19F3O3/c1-4-11-7-10(3)19-14(20-11)13-8-12(6-5-9(13)2)21-15(16,17)18/h5-6,8,10-11,14H,4,7H2,1-3H3. The van der Waals surface area contributed by atoms with Gasteiger partial charge in [0.1, 0.15) is 5.75 Å². The van der Waals surface area contributed by atoms with E-state index in [1.54, 1.807) is 13.0 Å². The Morgan fingerprint density at radius 3 is 2.62 bits per heavy atom. The summed E-state index contributed by atoms with van der Waals surface area (Å²) in [7, 11) is 0. The van der Waals surface area contributed by atoms with Crippen LogP contribution in [-0.2, 0) is 9.47 Å². The zero-order valence-electron chi connectivity index (χ0n) is 12.2. The first-order valence-electron chi connectivity index (χ1n) is 6.95. The minimum atomic E-state index is -4.71. The Balaban J connectivity index is 2.23. The lowest BCUT2D eigenvalue weighted by Crippen LogP contribution is -2.32. The number of aryl methyl sites for hydroxylation is 1. The fourth-order valence-corrected chi connectivity index (χ4v) is 2.38. The molecule has 2 rings (SSSR count). The van der Waals surface area contributed by atoms with E-state index in [1.165, 1.54) is 12.1 Å². The van der Waals surface area contributed by atoms with Gasteiger partial charge in [-0.05, 0) is 44.4 Å². The lowest BCUT2D eigenvalue weighted by molar-refractivity contribution is -0.275. The number of benzene rings is 1. The van der Waals surface area contributed by atoms with Crippen LogP contribution in [0.4, 0.5) is 13.2 Å². The monoisotopic (exact) mass is 304 g/mol. The van der Waals surface area contributed by atoms with Crippen molar-refractivity contribution in [2.45, 2.75) is 58.5 Å². The van der Waals surface area contributed by atoms with Gasteiger partial charge < -0.3 is 14.2 Å². The van der Waals surface area contributed by atoms with Gasteiger partial charge in [0.25, 0.3) is 0 Å². The fourth-order valence-electron chi connectivity index (χ4n) is 2.38. The lowest BCUT2D eigenvalue weighted by atomic mass is 10.0. The van der Waals surface area contributed by atoms with E-state index in [0.29, 0.717) is 5.56 Å². The topological polar surface area (TPSA) is 27.7 Å². The van der Waals surface area contributed by atoms with Gasteiger partial charge in [-0.1, -0.05) is 13.0 Å². The van der Waals surface area contributed by atoms with E-state index >= 15 is 0 Å². The molecule has 118 valence electrons. The minimum Gasteiger partial charge on any atom is -0.406 e. The maximum Gasteiger partial charge on any atom is 0.573 e. The van der Waals surface area contributed by atoms with Crippen LogP contribution in [0.25, 0.3) is 0 Å². The van der Waals surface area contributed by atoms with Gasteiger partial charge in [0, 0.05) is 5.56 Å². The summed E-state index contributed by atoms with van der Waals surface area (Å²) >= 11 is 0. The molecule has 1 fully saturated rings. The first kappa shape index (κ1) is 16.1. The zero-order chi connectivity index (χ0) is 15.6. The van der Waals surface area contributed by atoms with Gasteiger partial charge in [0.05, 0.1) is 12.2 Å². The molecule has 0 saturated carbocycles. The average molecular weight is 304 g/mol. The number of halogens is 3. The highest BCUT2D eigenvalue weighted by Gasteiger charge is 2.33. The highest BCUT2D eigenvalue weighted by molar-refractivity contribution is 5.36. The molecular formula is C15H19F3O3. The molecule has 3 atom stereocenters. The van der Waals surface area contributed by atoms with Crippen molar-refractivity contribution in [2.75, 3.05) is 0 Å². The van der Waals surface area contributed by atoms with Crippen LogP contribution >= 0.6 is 0 Å². The molecule has 0 spiro atoms. The molecule has 3 nitrogen and oxygen atoms in total. The van der Waals surface area contributed by atoms with Crippen LogP contribution in [0.1, 0.15) is 44.1 Å². The summed E-state index contributed by atoms with van der Waals surface area (Å²) in [6.07, 6.45) is -3.70. The van der Waals surface area contributed by atoms with Gasteiger partial charge in [-0.25, -0.2) is 0 Å². The summed E-state index contributed by atoms with van der Waals surface area (Å²) in [5, 5.41) is 0. The third kappa shape index (κ3) is 4.35. The number of alkyl halides is 3. The zero-order valence-corrected chi connectivity index (χ0v) is 12.2. The summed E-state index contributed by atoms with van der Waals surface area (Å²) in [6, 6.07) is 4.19. The van der Waals surface area contributed by atoms with Crippen LogP contribution in [0.5, 0.6) is 5.75 Å². The molecule has 1 aromatic carbocycles. The van der Waals surface area contributed by atoms with Crippen LogP contribution < -0.4 is 4.74 Å². The van der Waals surface area contributed by atoms with Crippen molar-refractivity contribution in [3.8, 4) is 5.75 Å². The van der Waals surface area contributed by atoms with E-state index in [2.05, 4.69) is 4.74 Å².